The second-order valence-electron chi connectivity index (χ2n) is 4.30. The first-order chi connectivity index (χ1) is 8.22. The summed E-state index contributed by atoms with van der Waals surface area (Å²) in [5, 5.41) is 2.63. The number of hydrogen-bond acceptors (Lipinski definition) is 1. The minimum Gasteiger partial charge on any atom is -0.125 e. The van der Waals surface area contributed by atoms with Crippen molar-refractivity contribution in [3.63, 3.8) is 0 Å². The molecule has 2 aromatic carbocycles. The smallest absolute Gasteiger partial charge is 0.0389 e. The van der Waals surface area contributed by atoms with Crippen LogP contribution in [0.2, 0.25) is 0 Å². The molecule has 0 unspecified atom stereocenters. The van der Waals surface area contributed by atoms with Crippen LogP contribution in [0.1, 0.15) is 25.3 Å². The van der Waals surface area contributed by atoms with Gasteiger partial charge in [0.05, 0.1) is 0 Å². The predicted octanol–water partition coefficient (Wildman–Crippen LogP) is 5.80. The number of halogens is 1. The number of rotatable bonds is 4. The van der Waals surface area contributed by atoms with E-state index in [0.717, 1.165) is 0 Å². The molecule has 0 nitrogen and oxygen atoms in total. The molecule has 0 bridgehead atoms. The van der Waals surface area contributed by atoms with E-state index >= 15 is 0 Å². The van der Waals surface area contributed by atoms with Gasteiger partial charge in [0, 0.05) is 9.37 Å². The minimum absolute atomic E-state index is 1.20. The summed E-state index contributed by atoms with van der Waals surface area (Å²) in [4.78, 5) is 1.36. The first kappa shape index (κ1) is 13.0. The average Bonchev–Trinajstić information content (AvgIpc) is 2.32. The fourth-order valence-electron chi connectivity index (χ4n) is 1.83. The Hall–Kier alpha value is -0.470. The van der Waals surface area contributed by atoms with E-state index in [1.807, 2.05) is 11.8 Å². The summed E-state index contributed by atoms with van der Waals surface area (Å²) >= 11 is 5.68. The molecule has 0 radical (unpaired) electrons. The zero-order valence-electron chi connectivity index (χ0n) is 10.3. The van der Waals surface area contributed by atoms with Crippen LogP contribution in [0.3, 0.4) is 0 Å². The number of benzene rings is 2. The summed E-state index contributed by atoms with van der Waals surface area (Å²) in [7, 11) is 0. The number of unbranched alkanes of at least 4 members (excludes halogenated alkanes) is 1. The summed E-state index contributed by atoms with van der Waals surface area (Å²) < 4.78 is 1.25. The Labute approximate surface area is 116 Å². The average molecular weight is 309 g/mol. The normalized spacial score (nSPS) is 11.0. The van der Waals surface area contributed by atoms with E-state index in [1.54, 1.807) is 0 Å². The van der Waals surface area contributed by atoms with Crippen molar-refractivity contribution in [1.29, 1.82) is 0 Å². The first-order valence-corrected chi connectivity index (χ1v) is 7.82. The van der Waals surface area contributed by atoms with Crippen molar-refractivity contribution in [1.82, 2.24) is 0 Å². The fourth-order valence-corrected chi connectivity index (χ4v) is 3.72. The van der Waals surface area contributed by atoms with Gasteiger partial charge in [0.1, 0.15) is 0 Å². The van der Waals surface area contributed by atoms with Crippen LogP contribution < -0.4 is 0 Å². The number of thioether (sulfide) groups is 1. The van der Waals surface area contributed by atoms with Crippen LogP contribution in [-0.2, 0) is 0 Å². The lowest BCUT2D eigenvalue weighted by Gasteiger charge is -2.08. The Bertz CT molecular complexity index is 520. The van der Waals surface area contributed by atoms with Gasteiger partial charge in [0.15, 0.2) is 0 Å². The Morgan fingerprint density at radius 2 is 2.00 bits per heavy atom. The maximum absolute atomic E-state index is 3.74. The molecule has 0 aliphatic rings. The highest BCUT2D eigenvalue weighted by molar-refractivity contribution is 9.10. The van der Waals surface area contributed by atoms with Gasteiger partial charge in [0.25, 0.3) is 0 Å². The Kier molecular flexibility index (Phi) is 4.52. The van der Waals surface area contributed by atoms with Gasteiger partial charge < -0.3 is 0 Å². The summed E-state index contributed by atoms with van der Waals surface area (Å²) in [6.07, 6.45) is 2.54. The van der Waals surface area contributed by atoms with Crippen LogP contribution in [0.5, 0.6) is 0 Å². The molecule has 0 aliphatic carbocycles. The quantitative estimate of drug-likeness (QED) is 0.508. The van der Waals surface area contributed by atoms with Crippen molar-refractivity contribution in [2.24, 2.45) is 0 Å². The molecule has 0 spiro atoms. The van der Waals surface area contributed by atoms with E-state index in [1.165, 1.54) is 44.3 Å². The maximum Gasteiger partial charge on any atom is 0.0389 e. The third-order valence-electron chi connectivity index (χ3n) is 2.83. The van der Waals surface area contributed by atoms with Crippen LogP contribution in [0, 0.1) is 6.92 Å². The molecule has 0 atom stereocenters. The molecule has 0 aliphatic heterocycles. The Morgan fingerprint density at radius 3 is 2.76 bits per heavy atom. The summed E-state index contributed by atoms with van der Waals surface area (Å²) in [5.74, 6) is 1.20. The molecule has 2 rings (SSSR count). The summed E-state index contributed by atoms with van der Waals surface area (Å²) in [5.41, 5.74) is 1.32. The topological polar surface area (TPSA) is 0 Å². The molecule has 0 saturated heterocycles. The van der Waals surface area contributed by atoms with Gasteiger partial charge in [-0.3, -0.25) is 0 Å². The molecule has 90 valence electrons. The van der Waals surface area contributed by atoms with Crippen LogP contribution in [-0.4, -0.2) is 5.75 Å². The van der Waals surface area contributed by atoms with Crippen molar-refractivity contribution in [2.75, 3.05) is 5.75 Å². The van der Waals surface area contributed by atoms with Gasteiger partial charge in [-0.15, -0.1) is 11.8 Å². The largest absolute Gasteiger partial charge is 0.125 e. The Balaban J connectivity index is 2.33. The van der Waals surface area contributed by atoms with E-state index in [-0.39, 0.29) is 0 Å². The van der Waals surface area contributed by atoms with Crippen molar-refractivity contribution in [2.45, 2.75) is 31.6 Å². The Morgan fingerprint density at radius 1 is 1.18 bits per heavy atom. The molecule has 2 aromatic rings. The highest BCUT2D eigenvalue weighted by Crippen LogP contribution is 2.34. The third kappa shape index (κ3) is 3.05. The van der Waals surface area contributed by atoms with E-state index in [4.69, 9.17) is 0 Å². The fraction of sp³-hybridized carbons (Fsp3) is 0.333. The number of fused-ring (bicyclic) bond motifs is 1. The van der Waals surface area contributed by atoms with Gasteiger partial charge in [-0.05, 0) is 51.9 Å². The van der Waals surface area contributed by atoms with Gasteiger partial charge in [-0.1, -0.05) is 43.2 Å². The van der Waals surface area contributed by atoms with Crippen molar-refractivity contribution in [3.8, 4) is 0 Å². The lowest BCUT2D eigenvalue weighted by molar-refractivity contribution is 0.896. The molecule has 0 saturated carbocycles. The van der Waals surface area contributed by atoms with E-state index in [2.05, 4.69) is 60.1 Å². The van der Waals surface area contributed by atoms with Crippen molar-refractivity contribution >= 4 is 38.5 Å². The maximum atomic E-state index is 3.74. The summed E-state index contributed by atoms with van der Waals surface area (Å²) in [6, 6.07) is 11.1. The molecular weight excluding hydrogens is 292 g/mol. The molecule has 0 N–H and O–H groups in total. The van der Waals surface area contributed by atoms with Crippen molar-refractivity contribution < 1.29 is 0 Å². The third-order valence-corrected chi connectivity index (χ3v) is 5.09. The van der Waals surface area contributed by atoms with Gasteiger partial charge in [-0.2, -0.15) is 0 Å². The zero-order valence-corrected chi connectivity index (χ0v) is 12.7. The van der Waals surface area contributed by atoms with E-state index in [9.17, 15) is 0 Å². The lowest BCUT2D eigenvalue weighted by atomic mass is 10.1. The lowest BCUT2D eigenvalue weighted by Crippen LogP contribution is -1.83. The minimum atomic E-state index is 1.20. The zero-order chi connectivity index (χ0) is 12.3. The molecule has 0 aromatic heterocycles. The van der Waals surface area contributed by atoms with Crippen LogP contribution >= 0.6 is 27.7 Å². The molecule has 0 fully saturated rings. The van der Waals surface area contributed by atoms with Crippen molar-refractivity contribution in [3.05, 3.63) is 40.4 Å². The SMILES string of the molecule is CCCCSc1ccc2cc(C)ccc2c1Br. The van der Waals surface area contributed by atoms with Gasteiger partial charge in [0.2, 0.25) is 0 Å². The number of aryl methyl sites for hydroxylation is 1. The monoisotopic (exact) mass is 308 g/mol. The second kappa shape index (κ2) is 5.92. The standard InChI is InChI=1S/C15H17BrS/c1-3-4-9-17-14-8-6-12-10-11(2)5-7-13(12)15(14)16/h5-8,10H,3-4,9H2,1-2H3. The van der Waals surface area contributed by atoms with E-state index < -0.39 is 0 Å². The molecule has 0 heterocycles. The van der Waals surface area contributed by atoms with Gasteiger partial charge in [-0.25, -0.2) is 0 Å². The van der Waals surface area contributed by atoms with E-state index in [0.29, 0.717) is 0 Å². The molecular formula is C15H17BrS. The molecule has 2 heteroatoms. The molecule has 0 amide bonds. The highest BCUT2D eigenvalue weighted by atomic mass is 79.9. The predicted molar refractivity (Wildman–Crippen MR) is 82.0 cm³/mol. The summed E-state index contributed by atoms with van der Waals surface area (Å²) in [6.45, 7) is 4.37. The van der Waals surface area contributed by atoms with Crippen LogP contribution in [0.4, 0.5) is 0 Å². The highest BCUT2D eigenvalue weighted by Gasteiger charge is 2.05. The molecule has 17 heavy (non-hydrogen) atoms. The van der Waals surface area contributed by atoms with Gasteiger partial charge >= 0.3 is 0 Å². The second-order valence-corrected chi connectivity index (χ2v) is 6.23. The number of hydrogen-bond donors (Lipinski definition) is 0. The first-order valence-electron chi connectivity index (χ1n) is 6.04. The van der Waals surface area contributed by atoms with Crippen LogP contribution in [0.25, 0.3) is 10.8 Å². The van der Waals surface area contributed by atoms with Crippen LogP contribution in [0.15, 0.2) is 39.7 Å².